The van der Waals surface area contributed by atoms with E-state index < -0.39 is 0 Å². The van der Waals surface area contributed by atoms with Crippen LogP contribution in [0, 0.1) is 0 Å². The van der Waals surface area contributed by atoms with Crippen LogP contribution in [-0.4, -0.2) is 73.8 Å². The molecule has 23 heavy (non-hydrogen) atoms. The molecule has 0 aliphatic carbocycles. The average molecular weight is 325 g/mol. The fourth-order valence-electron chi connectivity index (χ4n) is 3.67. The highest BCUT2D eigenvalue weighted by atomic mass is 16.5. The number of likely N-dealkylation sites (tertiary alicyclic amines) is 2. The molecule has 2 heterocycles. The van der Waals surface area contributed by atoms with Crippen molar-refractivity contribution >= 4 is 5.96 Å². The Bertz CT molecular complexity index is 353. The molecule has 0 aromatic heterocycles. The second-order valence-corrected chi connectivity index (χ2v) is 6.76. The first-order valence-electron chi connectivity index (χ1n) is 9.63. The summed E-state index contributed by atoms with van der Waals surface area (Å²) in [6, 6.07) is 0.725. The van der Waals surface area contributed by atoms with Gasteiger partial charge in [0, 0.05) is 38.8 Å². The molecule has 134 valence electrons. The minimum absolute atomic E-state index is 0.438. The zero-order valence-corrected chi connectivity index (χ0v) is 15.4. The summed E-state index contributed by atoms with van der Waals surface area (Å²) in [7, 11) is 0. The summed E-state index contributed by atoms with van der Waals surface area (Å²) in [6.07, 6.45) is 6.74. The number of rotatable bonds is 6. The molecule has 2 aliphatic rings. The molecular formula is C18H36N4O. The smallest absolute Gasteiger partial charge is 0.193 e. The van der Waals surface area contributed by atoms with E-state index >= 15 is 0 Å². The Balaban J connectivity index is 1.80. The molecule has 1 N–H and O–H groups in total. The van der Waals surface area contributed by atoms with Crippen LogP contribution in [0.5, 0.6) is 0 Å². The van der Waals surface area contributed by atoms with Crippen molar-refractivity contribution < 1.29 is 4.74 Å². The molecule has 0 amide bonds. The van der Waals surface area contributed by atoms with Crippen molar-refractivity contribution in [1.82, 2.24) is 15.1 Å². The van der Waals surface area contributed by atoms with Gasteiger partial charge in [-0.05, 0) is 53.0 Å². The first-order chi connectivity index (χ1) is 11.2. The minimum Gasteiger partial charge on any atom is -0.378 e. The molecule has 0 aromatic rings. The molecule has 5 nitrogen and oxygen atoms in total. The van der Waals surface area contributed by atoms with Crippen LogP contribution in [0.25, 0.3) is 0 Å². The van der Waals surface area contributed by atoms with Crippen molar-refractivity contribution in [2.45, 2.75) is 65.0 Å². The zero-order valence-electron chi connectivity index (χ0n) is 15.4. The van der Waals surface area contributed by atoms with Gasteiger partial charge < -0.3 is 15.0 Å². The topological polar surface area (TPSA) is 40.1 Å². The van der Waals surface area contributed by atoms with E-state index in [0.717, 1.165) is 64.2 Å². The van der Waals surface area contributed by atoms with E-state index in [-0.39, 0.29) is 0 Å². The molecule has 1 atom stereocenters. The third-order valence-electron chi connectivity index (χ3n) is 5.07. The number of nitrogens with one attached hydrogen (secondary N) is 1. The van der Waals surface area contributed by atoms with Crippen LogP contribution in [0.4, 0.5) is 0 Å². The summed E-state index contributed by atoms with van der Waals surface area (Å²) < 4.78 is 5.75. The van der Waals surface area contributed by atoms with Gasteiger partial charge in [0.25, 0.3) is 0 Å². The number of aliphatic imine (C=N–C) groups is 1. The summed E-state index contributed by atoms with van der Waals surface area (Å²) in [5, 5.41) is 3.46. The van der Waals surface area contributed by atoms with Crippen LogP contribution < -0.4 is 5.32 Å². The molecule has 2 saturated heterocycles. The summed E-state index contributed by atoms with van der Waals surface area (Å²) in [5.74, 6) is 1.09. The van der Waals surface area contributed by atoms with Gasteiger partial charge in [0.15, 0.2) is 5.96 Å². The molecule has 0 aromatic carbocycles. The molecule has 0 bridgehead atoms. The number of ether oxygens (including phenoxy) is 1. The lowest BCUT2D eigenvalue weighted by molar-refractivity contribution is 0.0263. The Labute approximate surface area is 142 Å². The lowest BCUT2D eigenvalue weighted by Crippen LogP contribution is -2.47. The monoisotopic (exact) mass is 324 g/mol. The molecular weight excluding hydrogens is 288 g/mol. The van der Waals surface area contributed by atoms with E-state index in [1.54, 1.807) is 0 Å². The second kappa shape index (κ2) is 10.1. The molecule has 2 rings (SSSR count). The third kappa shape index (κ3) is 5.96. The van der Waals surface area contributed by atoms with Crippen molar-refractivity contribution in [2.75, 3.05) is 45.9 Å². The standard InChI is InChI=1S/C18H36N4O/c1-4-19-18(22-13-9-17(10-14-22)23-5-2)20-11-15-21-12-7-6-8-16(21)3/h16-17H,4-15H2,1-3H3,(H,19,20). The normalized spacial score (nSPS) is 24.9. The summed E-state index contributed by atoms with van der Waals surface area (Å²) in [6.45, 7) is 13.7. The average Bonchev–Trinajstić information content (AvgIpc) is 2.57. The minimum atomic E-state index is 0.438. The summed E-state index contributed by atoms with van der Waals surface area (Å²) >= 11 is 0. The van der Waals surface area contributed by atoms with E-state index in [2.05, 4.69) is 35.9 Å². The highest BCUT2D eigenvalue weighted by Crippen LogP contribution is 2.16. The van der Waals surface area contributed by atoms with Gasteiger partial charge in [-0.15, -0.1) is 0 Å². The van der Waals surface area contributed by atoms with Crippen LogP contribution in [0.3, 0.4) is 0 Å². The third-order valence-corrected chi connectivity index (χ3v) is 5.07. The van der Waals surface area contributed by atoms with Gasteiger partial charge in [0.2, 0.25) is 0 Å². The lowest BCUT2D eigenvalue weighted by atomic mass is 10.0. The highest BCUT2D eigenvalue weighted by molar-refractivity contribution is 5.80. The first-order valence-corrected chi connectivity index (χ1v) is 9.63. The number of guanidine groups is 1. The van der Waals surface area contributed by atoms with E-state index in [0.29, 0.717) is 6.10 Å². The first kappa shape index (κ1) is 18.5. The van der Waals surface area contributed by atoms with Crippen molar-refractivity contribution in [3.05, 3.63) is 0 Å². The molecule has 0 radical (unpaired) electrons. The highest BCUT2D eigenvalue weighted by Gasteiger charge is 2.22. The molecule has 0 spiro atoms. The maximum absolute atomic E-state index is 5.75. The number of nitrogens with zero attached hydrogens (tertiary/aromatic N) is 3. The fourth-order valence-corrected chi connectivity index (χ4v) is 3.67. The Kier molecular flexibility index (Phi) is 8.17. The molecule has 2 fully saturated rings. The van der Waals surface area contributed by atoms with E-state index in [1.165, 1.54) is 25.8 Å². The van der Waals surface area contributed by atoms with Crippen molar-refractivity contribution in [3.8, 4) is 0 Å². The van der Waals surface area contributed by atoms with E-state index in [1.807, 2.05) is 0 Å². The Hall–Kier alpha value is -0.810. The van der Waals surface area contributed by atoms with Crippen LogP contribution in [-0.2, 0) is 4.74 Å². The van der Waals surface area contributed by atoms with Gasteiger partial charge in [-0.1, -0.05) is 6.42 Å². The van der Waals surface area contributed by atoms with E-state index in [4.69, 9.17) is 9.73 Å². The fraction of sp³-hybridized carbons (Fsp3) is 0.944. The Morgan fingerprint density at radius 2 is 1.91 bits per heavy atom. The predicted molar refractivity (Wildman–Crippen MR) is 97.1 cm³/mol. The second-order valence-electron chi connectivity index (χ2n) is 6.76. The number of hydrogen-bond acceptors (Lipinski definition) is 3. The maximum Gasteiger partial charge on any atom is 0.193 e. The predicted octanol–water partition coefficient (Wildman–Crippen LogP) is 2.33. The van der Waals surface area contributed by atoms with Gasteiger partial charge >= 0.3 is 0 Å². The number of hydrogen-bond donors (Lipinski definition) is 1. The summed E-state index contributed by atoms with van der Waals surface area (Å²) in [4.78, 5) is 9.88. The van der Waals surface area contributed by atoms with E-state index in [9.17, 15) is 0 Å². The van der Waals surface area contributed by atoms with Gasteiger partial charge in [0.1, 0.15) is 0 Å². The maximum atomic E-state index is 5.75. The van der Waals surface area contributed by atoms with Crippen LogP contribution in [0.2, 0.25) is 0 Å². The van der Waals surface area contributed by atoms with Crippen LogP contribution in [0.15, 0.2) is 4.99 Å². The zero-order chi connectivity index (χ0) is 16.5. The van der Waals surface area contributed by atoms with Crippen molar-refractivity contribution in [2.24, 2.45) is 4.99 Å². The SMILES string of the molecule is CCNC(=NCCN1CCCCC1C)N1CCC(OCC)CC1. The molecule has 5 heteroatoms. The lowest BCUT2D eigenvalue weighted by Gasteiger charge is -2.35. The largest absolute Gasteiger partial charge is 0.378 e. The van der Waals surface area contributed by atoms with Gasteiger partial charge in [-0.3, -0.25) is 9.89 Å². The quantitative estimate of drug-likeness (QED) is 0.601. The Morgan fingerprint density at radius 1 is 1.13 bits per heavy atom. The van der Waals surface area contributed by atoms with Gasteiger partial charge in [-0.25, -0.2) is 0 Å². The van der Waals surface area contributed by atoms with Crippen molar-refractivity contribution in [1.29, 1.82) is 0 Å². The molecule has 2 aliphatic heterocycles. The van der Waals surface area contributed by atoms with Crippen molar-refractivity contribution in [3.63, 3.8) is 0 Å². The van der Waals surface area contributed by atoms with Crippen LogP contribution in [0.1, 0.15) is 52.9 Å². The molecule has 0 saturated carbocycles. The number of piperidine rings is 2. The Morgan fingerprint density at radius 3 is 2.57 bits per heavy atom. The van der Waals surface area contributed by atoms with Gasteiger partial charge in [-0.2, -0.15) is 0 Å². The van der Waals surface area contributed by atoms with Crippen LogP contribution >= 0.6 is 0 Å². The summed E-state index contributed by atoms with van der Waals surface area (Å²) in [5.41, 5.74) is 0. The molecule has 1 unspecified atom stereocenters. The van der Waals surface area contributed by atoms with Gasteiger partial charge in [0.05, 0.1) is 12.6 Å².